The van der Waals surface area contributed by atoms with Crippen LogP contribution in [0.2, 0.25) is 0 Å². The summed E-state index contributed by atoms with van der Waals surface area (Å²) < 4.78 is 23.4. The average Bonchev–Trinajstić information content (AvgIpc) is 3.30. The maximum Gasteiger partial charge on any atom is 0.169 e. The second-order valence-electron chi connectivity index (χ2n) is 11.1. The Hall–Kier alpha value is -0.420. The van der Waals surface area contributed by atoms with Crippen molar-refractivity contribution in [1.29, 1.82) is 0 Å². The molecule has 1 aliphatic heterocycles. The fourth-order valence-electron chi connectivity index (χ4n) is 8.53. The lowest BCUT2D eigenvalue weighted by atomic mass is 9.47. The molecule has 4 fully saturated rings. The van der Waals surface area contributed by atoms with Crippen molar-refractivity contribution >= 4 is 0 Å². The summed E-state index contributed by atoms with van der Waals surface area (Å²) in [5, 5.41) is 0. The molecule has 7 atom stereocenters. The standard InChI is InChI=1S/C25H40O4/c1-23-11-9-18(27-16-26-4)15-17(23)5-6-19-20-7-8-22(25(3)28-13-14-29-25)24(20,2)12-10-21(19)23/h5,18-22H,6-16H2,1-4H3/t18-,19-,20-,21-,22-,23-,24-/m0/s1. The van der Waals surface area contributed by atoms with E-state index >= 15 is 0 Å². The van der Waals surface area contributed by atoms with Crippen molar-refractivity contribution in [2.75, 3.05) is 27.1 Å². The molecule has 0 aromatic heterocycles. The molecule has 4 nitrogen and oxygen atoms in total. The Bertz CT molecular complexity index is 653. The van der Waals surface area contributed by atoms with Crippen molar-refractivity contribution in [1.82, 2.24) is 0 Å². The van der Waals surface area contributed by atoms with Gasteiger partial charge in [-0.2, -0.15) is 0 Å². The first kappa shape index (κ1) is 20.5. The van der Waals surface area contributed by atoms with Crippen LogP contribution < -0.4 is 0 Å². The van der Waals surface area contributed by atoms with E-state index in [2.05, 4.69) is 26.8 Å². The van der Waals surface area contributed by atoms with E-state index in [4.69, 9.17) is 18.9 Å². The molecule has 0 N–H and O–H groups in total. The summed E-state index contributed by atoms with van der Waals surface area (Å²) in [4.78, 5) is 0. The topological polar surface area (TPSA) is 36.9 Å². The van der Waals surface area contributed by atoms with Crippen molar-refractivity contribution < 1.29 is 18.9 Å². The molecule has 1 saturated heterocycles. The number of hydrogen-bond donors (Lipinski definition) is 0. The van der Waals surface area contributed by atoms with E-state index < -0.39 is 0 Å². The van der Waals surface area contributed by atoms with E-state index in [0.717, 1.165) is 37.4 Å². The Morgan fingerprint density at radius 2 is 1.79 bits per heavy atom. The lowest BCUT2D eigenvalue weighted by molar-refractivity contribution is -0.214. The van der Waals surface area contributed by atoms with Crippen LogP contribution in [-0.2, 0) is 18.9 Å². The molecule has 0 bridgehead atoms. The molecule has 5 aliphatic rings. The van der Waals surface area contributed by atoms with Crippen molar-refractivity contribution in [2.24, 2.45) is 34.5 Å². The Labute approximate surface area is 176 Å². The van der Waals surface area contributed by atoms with E-state index in [9.17, 15) is 0 Å². The summed E-state index contributed by atoms with van der Waals surface area (Å²) in [6.07, 6.45) is 13.1. The molecule has 0 aromatic carbocycles. The minimum Gasteiger partial charge on any atom is -0.359 e. The molecular weight excluding hydrogens is 364 g/mol. The second-order valence-corrected chi connectivity index (χ2v) is 11.1. The summed E-state index contributed by atoms with van der Waals surface area (Å²) in [5.74, 6) is 2.66. The Morgan fingerprint density at radius 1 is 1.00 bits per heavy atom. The third-order valence-corrected chi connectivity index (χ3v) is 9.97. The van der Waals surface area contributed by atoms with E-state index in [1.807, 2.05) is 0 Å². The Balaban J connectivity index is 1.37. The minimum absolute atomic E-state index is 0.340. The van der Waals surface area contributed by atoms with Crippen LogP contribution in [0.4, 0.5) is 0 Å². The molecule has 0 radical (unpaired) electrons. The number of hydrogen-bond acceptors (Lipinski definition) is 4. The highest BCUT2D eigenvalue weighted by atomic mass is 16.7. The van der Waals surface area contributed by atoms with Crippen LogP contribution in [0.15, 0.2) is 11.6 Å². The van der Waals surface area contributed by atoms with Crippen molar-refractivity contribution in [2.45, 2.75) is 84.0 Å². The summed E-state index contributed by atoms with van der Waals surface area (Å²) in [5.41, 5.74) is 2.42. The van der Waals surface area contributed by atoms with Crippen LogP contribution in [0.5, 0.6) is 0 Å². The minimum atomic E-state index is -0.355. The molecule has 0 aromatic rings. The summed E-state index contributed by atoms with van der Waals surface area (Å²) >= 11 is 0. The largest absolute Gasteiger partial charge is 0.359 e. The highest BCUT2D eigenvalue weighted by Crippen LogP contribution is 2.68. The van der Waals surface area contributed by atoms with Gasteiger partial charge in [0.05, 0.1) is 19.3 Å². The monoisotopic (exact) mass is 404 g/mol. The molecule has 5 rings (SSSR count). The first-order valence-corrected chi connectivity index (χ1v) is 12.0. The van der Waals surface area contributed by atoms with Crippen molar-refractivity contribution in [3.63, 3.8) is 0 Å². The van der Waals surface area contributed by atoms with Gasteiger partial charge in [0.25, 0.3) is 0 Å². The van der Waals surface area contributed by atoms with Gasteiger partial charge in [0.2, 0.25) is 0 Å². The zero-order valence-electron chi connectivity index (χ0n) is 18.9. The van der Waals surface area contributed by atoms with Gasteiger partial charge in [0, 0.05) is 13.0 Å². The van der Waals surface area contributed by atoms with Crippen molar-refractivity contribution in [3.05, 3.63) is 11.6 Å². The number of rotatable bonds is 4. The molecule has 0 unspecified atom stereocenters. The quantitative estimate of drug-likeness (QED) is 0.469. The molecule has 0 amide bonds. The molecule has 0 spiro atoms. The first-order chi connectivity index (χ1) is 13.9. The maximum absolute atomic E-state index is 6.17. The van der Waals surface area contributed by atoms with Crippen LogP contribution >= 0.6 is 0 Å². The van der Waals surface area contributed by atoms with Gasteiger partial charge in [-0.15, -0.1) is 0 Å². The highest BCUT2D eigenvalue weighted by Gasteiger charge is 2.62. The fourth-order valence-corrected chi connectivity index (χ4v) is 8.53. The Morgan fingerprint density at radius 3 is 2.55 bits per heavy atom. The maximum atomic E-state index is 6.17. The zero-order valence-corrected chi connectivity index (χ0v) is 18.9. The molecule has 1 heterocycles. The molecular formula is C25H40O4. The second kappa shape index (κ2) is 7.32. The van der Waals surface area contributed by atoms with E-state index in [1.165, 1.54) is 44.9 Å². The number of ether oxygens (including phenoxy) is 4. The highest BCUT2D eigenvalue weighted by molar-refractivity contribution is 5.25. The van der Waals surface area contributed by atoms with Crippen LogP contribution in [0.3, 0.4) is 0 Å². The van der Waals surface area contributed by atoms with Crippen LogP contribution in [-0.4, -0.2) is 39.0 Å². The SMILES string of the molecule is COCO[C@H]1CC[C@@]2(C)C(=CC[C@H]3[C@@H]4CC[C@H](C5(C)OCCO5)[C@@]4(C)CC[C@@H]32)C1. The van der Waals surface area contributed by atoms with Crippen LogP contribution in [0, 0.1) is 34.5 Å². The molecule has 3 saturated carbocycles. The zero-order chi connectivity index (χ0) is 20.3. The third kappa shape index (κ3) is 3.08. The lowest BCUT2D eigenvalue weighted by Gasteiger charge is -2.58. The van der Waals surface area contributed by atoms with Gasteiger partial charge < -0.3 is 18.9 Å². The predicted molar refractivity (Wildman–Crippen MR) is 112 cm³/mol. The normalized spacial score (nSPS) is 48.6. The predicted octanol–water partition coefficient (Wildman–Crippen LogP) is 5.32. The number of allylic oxidation sites excluding steroid dienone is 1. The number of methoxy groups -OCH3 is 1. The molecule has 29 heavy (non-hydrogen) atoms. The van der Waals surface area contributed by atoms with Gasteiger partial charge in [-0.3, -0.25) is 0 Å². The first-order valence-electron chi connectivity index (χ1n) is 12.0. The van der Waals surface area contributed by atoms with Gasteiger partial charge in [0.1, 0.15) is 6.79 Å². The van der Waals surface area contributed by atoms with Gasteiger partial charge in [-0.05, 0) is 86.9 Å². The third-order valence-electron chi connectivity index (χ3n) is 9.97. The van der Waals surface area contributed by atoms with E-state index in [0.29, 0.717) is 29.6 Å². The fraction of sp³-hybridized carbons (Fsp3) is 0.920. The van der Waals surface area contributed by atoms with Crippen molar-refractivity contribution in [3.8, 4) is 0 Å². The number of fused-ring (bicyclic) bond motifs is 5. The summed E-state index contributed by atoms with van der Waals surface area (Å²) in [6.45, 7) is 9.30. The summed E-state index contributed by atoms with van der Waals surface area (Å²) in [7, 11) is 1.72. The molecule has 4 heteroatoms. The molecule has 4 aliphatic carbocycles. The smallest absolute Gasteiger partial charge is 0.169 e. The van der Waals surface area contributed by atoms with Crippen LogP contribution in [0.25, 0.3) is 0 Å². The van der Waals surface area contributed by atoms with Gasteiger partial charge >= 0.3 is 0 Å². The van der Waals surface area contributed by atoms with Gasteiger partial charge in [0.15, 0.2) is 5.79 Å². The lowest BCUT2D eigenvalue weighted by Crippen LogP contribution is -2.53. The van der Waals surface area contributed by atoms with E-state index in [1.54, 1.807) is 12.7 Å². The summed E-state index contributed by atoms with van der Waals surface area (Å²) in [6, 6.07) is 0. The van der Waals surface area contributed by atoms with Crippen LogP contribution in [0.1, 0.15) is 72.1 Å². The Kier molecular flexibility index (Phi) is 5.17. The van der Waals surface area contributed by atoms with Gasteiger partial charge in [-0.25, -0.2) is 0 Å². The van der Waals surface area contributed by atoms with Gasteiger partial charge in [-0.1, -0.05) is 25.5 Å². The molecule has 164 valence electrons. The average molecular weight is 405 g/mol. The van der Waals surface area contributed by atoms with E-state index in [-0.39, 0.29) is 5.79 Å².